The van der Waals surface area contributed by atoms with Gasteiger partial charge in [0.25, 0.3) is 0 Å². The van der Waals surface area contributed by atoms with Crippen molar-refractivity contribution in [3.05, 3.63) is 48.0 Å². The molecule has 0 bridgehead atoms. The van der Waals surface area contributed by atoms with E-state index in [-0.39, 0.29) is 5.60 Å². The number of nitrogens with zero attached hydrogens (tertiary/aromatic N) is 3. The fourth-order valence-corrected chi connectivity index (χ4v) is 3.67. The number of hydrogen-bond donors (Lipinski definition) is 0. The SMILES string of the molecule is C[C@@H]1COCCN1c1cc(OC(C)(C)C)nc(-c2ccc(C3=CC=NC3)cc2)c1. The van der Waals surface area contributed by atoms with Crippen molar-refractivity contribution in [2.75, 3.05) is 31.2 Å². The van der Waals surface area contributed by atoms with E-state index in [0.717, 1.165) is 43.2 Å². The number of morpholine rings is 1. The Morgan fingerprint density at radius 1 is 1.10 bits per heavy atom. The summed E-state index contributed by atoms with van der Waals surface area (Å²) in [6.07, 6.45) is 3.94. The van der Waals surface area contributed by atoms with Gasteiger partial charge in [-0.1, -0.05) is 24.3 Å². The number of ether oxygens (including phenoxy) is 2. The number of anilines is 1. The van der Waals surface area contributed by atoms with Crippen LogP contribution >= 0.6 is 0 Å². The standard InChI is InChI=1S/C24H29N3O2/c1-17-16-28-12-11-27(17)21-13-22(26-23(14-21)29-24(2,3)4)19-7-5-18(6-8-19)20-9-10-25-15-20/h5-10,13-14,17H,11-12,15-16H2,1-4H3/t17-/m1/s1. The monoisotopic (exact) mass is 391 g/mol. The third-order valence-corrected chi connectivity index (χ3v) is 5.09. The molecule has 5 heteroatoms. The highest BCUT2D eigenvalue weighted by molar-refractivity contribution is 5.90. The zero-order valence-electron chi connectivity index (χ0n) is 17.7. The zero-order valence-corrected chi connectivity index (χ0v) is 17.7. The first-order chi connectivity index (χ1) is 13.9. The van der Waals surface area contributed by atoms with Crippen LogP contribution in [0.3, 0.4) is 0 Å². The molecule has 3 heterocycles. The van der Waals surface area contributed by atoms with E-state index in [1.165, 1.54) is 11.1 Å². The fourth-order valence-electron chi connectivity index (χ4n) is 3.67. The summed E-state index contributed by atoms with van der Waals surface area (Å²) in [6.45, 7) is 11.4. The second kappa shape index (κ2) is 7.99. The van der Waals surface area contributed by atoms with Crippen LogP contribution in [0.5, 0.6) is 5.88 Å². The molecule has 0 N–H and O–H groups in total. The van der Waals surface area contributed by atoms with Crippen molar-refractivity contribution in [2.24, 2.45) is 4.99 Å². The molecule has 2 aliphatic rings. The summed E-state index contributed by atoms with van der Waals surface area (Å²) in [5.41, 5.74) is 5.27. The summed E-state index contributed by atoms with van der Waals surface area (Å²) in [5.74, 6) is 0.652. The number of aromatic nitrogens is 1. The van der Waals surface area contributed by atoms with Gasteiger partial charge in [-0.2, -0.15) is 0 Å². The Hall–Kier alpha value is -2.66. The average molecular weight is 392 g/mol. The van der Waals surface area contributed by atoms with Crippen molar-refractivity contribution in [3.63, 3.8) is 0 Å². The van der Waals surface area contributed by atoms with Gasteiger partial charge in [-0.25, -0.2) is 4.98 Å². The second-order valence-corrected chi connectivity index (χ2v) is 8.64. The maximum absolute atomic E-state index is 6.14. The maximum atomic E-state index is 6.14. The third-order valence-electron chi connectivity index (χ3n) is 5.09. The lowest BCUT2D eigenvalue weighted by molar-refractivity contribution is 0.0986. The molecule has 5 nitrogen and oxygen atoms in total. The number of allylic oxidation sites excluding steroid dienone is 1. The molecule has 2 aliphatic heterocycles. The minimum Gasteiger partial charge on any atom is -0.472 e. The third kappa shape index (κ3) is 4.67. The lowest BCUT2D eigenvalue weighted by Gasteiger charge is -2.35. The predicted molar refractivity (Wildman–Crippen MR) is 119 cm³/mol. The molecule has 1 aromatic heterocycles. The van der Waals surface area contributed by atoms with Gasteiger partial charge < -0.3 is 14.4 Å². The van der Waals surface area contributed by atoms with E-state index in [9.17, 15) is 0 Å². The molecule has 0 unspecified atom stereocenters. The molecule has 0 radical (unpaired) electrons. The largest absolute Gasteiger partial charge is 0.472 e. The van der Waals surface area contributed by atoms with E-state index in [1.54, 1.807) is 0 Å². The van der Waals surface area contributed by atoms with Crippen LogP contribution in [0, 0.1) is 0 Å². The first-order valence-electron chi connectivity index (χ1n) is 10.2. The molecule has 4 rings (SSSR count). The van der Waals surface area contributed by atoms with Crippen LogP contribution in [0.15, 0.2) is 47.5 Å². The van der Waals surface area contributed by atoms with Gasteiger partial charge in [-0.15, -0.1) is 0 Å². The molecule has 1 fully saturated rings. The molecule has 2 aromatic rings. The van der Waals surface area contributed by atoms with E-state index in [1.807, 2.05) is 33.1 Å². The van der Waals surface area contributed by atoms with Gasteiger partial charge in [0.05, 0.1) is 25.5 Å². The van der Waals surface area contributed by atoms with Gasteiger partial charge in [0.15, 0.2) is 0 Å². The van der Waals surface area contributed by atoms with E-state index < -0.39 is 0 Å². The van der Waals surface area contributed by atoms with Gasteiger partial charge in [-0.3, -0.25) is 4.99 Å². The number of hydrogen-bond acceptors (Lipinski definition) is 5. The van der Waals surface area contributed by atoms with Crippen LogP contribution in [0.25, 0.3) is 16.8 Å². The van der Waals surface area contributed by atoms with Crippen molar-refractivity contribution < 1.29 is 9.47 Å². The molecule has 0 aliphatic carbocycles. The van der Waals surface area contributed by atoms with Crippen LogP contribution in [0.4, 0.5) is 5.69 Å². The highest BCUT2D eigenvalue weighted by Gasteiger charge is 2.22. The van der Waals surface area contributed by atoms with Gasteiger partial charge in [-0.05, 0) is 51.0 Å². The quantitative estimate of drug-likeness (QED) is 0.763. The van der Waals surface area contributed by atoms with Crippen molar-refractivity contribution in [3.8, 4) is 17.1 Å². The van der Waals surface area contributed by atoms with E-state index in [2.05, 4.69) is 53.2 Å². The van der Waals surface area contributed by atoms with Crippen molar-refractivity contribution in [1.29, 1.82) is 0 Å². The maximum Gasteiger partial charge on any atom is 0.216 e. The summed E-state index contributed by atoms with van der Waals surface area (Å²) >= 11 is 0. The highest BCUT2D eigenvalue weighted by Crippen LogP contribution is 2.31. The van der Waals surface area contributed by atoms with E-state index in [0.29, 0.717) is 11.9 Å². The molecule has 1 saturated heterocycles. The highest BCUT2D eigenvalue weighted by atomic mass is 16.5. The van der Waals surface area contributed by atoms with Gasteiger partial charge in [0.2, 0.25) is 5.88 Å². The van der Waals surface area contributed by atoms with Crippen LogP contribution < -0.4 is 9.64 Å². The number of rotatable bonds is 4. The van der Waals surface area contributed by atoms with E-state index >= 15 is 0 Å². The molecule has 0 saturated carbocycles. The molecule has 0 spiro atoms. The zero-order chi connectivity index (χ0) is 20.4. The molecular weight excluding hydrogens is 362 g/mol. The lowest BCUT2D eigenvalue weighted by atomic mass is 10.0. The fraction of sp³-hybridized carbons (Fsp3) is 0.417. The topological polar surface area (TPSA) is 47.0 Å². The summed E-state index contributed by atoms with van der Waals surface area (Å²) in [7, 11) is 0. The minimum atomic E-state index is -0.307. The molecule has 1 aromatic carbocycles. The number of pyridine rings is 1. The van der Waals surface area contributed by atoms with Crippen molar-refractivity contribution in [1.82, 2.24) is 4.98 Å². The summed E-state index contributed by atoms with van der Waals surface area (Å²) in [5, 5.41) is 0. The Labute approximate surface area is 173 Å². The average Bonchev–Trinajstić information content (AvgIpc) is 3.22. The first-order valence-corrected chi connectivity index (χ1v) is 10.2. The van der Waals surface area contributed by atoms with Gasteiger partial charge in [0, 0.05) is 36.1 Å². The van der Waals surface area contributed by atoms with Crippen LogP contribution in [0.2, 0.25) is 0 Å². The van der Waals surface area contributed by atoms with Crippen LogP contribution in [-0.4, -0.2) is 49.1 Å². The number of benzene rings is 1. The molecular formula is C24H29N3O2. The normalized spacial score (nSPS) is 19.4. The van der Waals surface area contributed by atoms with Gasteiger partial charge in [0.1, 0.15) is 5.60 Å². The first kappa shape index (κ1) is 19.6. The Bertz CT molecular complexity index is 926. The Kier molecular flexibility index (Phi) is 5.41. The van der Waals surface area contributed by atoms with Crippen molar-refractivity contribution >= 4 is 17.5 Å². The lowest BCUT2D eigenvalue weighted by Crippen LogP contribution is -2.43. The second-order valence-electron chi connectivity index (χ2n) is 8.64. The summed E-state index contributed by atoms with van der Waals surface area (Å²) in [4.78, 5) is 11.5. The summed E-state index contributed by atoms with van der Waals surface area (Å²) in [6, 6.07) is 13.1. The van der Waals surface area contributed by atoms with Gasteiger partial charge >= 0.3 is 0 Å². The van der Waals surface area contributed by atoms with E-state index in [4.69, 9.17) is 14.5 Å². The van der Waals surface area contributed by atoms with Crippen LogP contribution in [-0.2, 0) is 4.74 Å². The Morgan fingerprint density at radius 2 is 1.86 bits per heavy atom. The predicted octanol–water partition coefficient (Wildman–Crippen LogP) is 4.62. The number of aliphatic imine (C=N–C) groups is 1. The van der Waals surface area contributed by atoms with Crippen molar-refractivity contribution in [2.45, 2.75) is 39.3 Å². The smallest absolute Gasteiger partial charge is 0.216 e. The molecule has 1 atom stereocenters. The Morgan fingerprint density at radius 3 is 2.52 bits per heavy atom. The van der Waals surface area contributed by atoms with Crippen LogP contribution in [0.1, 0.15) is 33.3 Å². The minimum absolute atomic E-state index is 0.307. The summed E-state index contributed by atoms with van der Waals surface area (Å²) < 4.78 is 11.8. The molecule has 0 amide bonds. The molecule has 152 valence electrons. The Balaban J connectivity index is 1.69. The molecule has 29 heavy (non-hydrogen) atoms.